The fourth-order valence-electron chi connectivity index (χ4n) is 2.19. The molecule has 2 aromatic rings. The van der Waals surface area contributed by atoms with E-state index in [1.54, 1.807) is 0 Å². The maximum Gasteiger partial charge on any atom is 0.0655 e. The summed E-state index contributed by atoms with van der Waals surface area (Å²) in [5.41, 5.74) is 4.03. The predicted molar refractivity (Wildman–Crippen MR) is 99.7 cm³/mol. The molecule has 3 heteroatoms. The Hall–Kier alpha value is -0.310. The minimum Gasteiger partial charge on any atom is -0.0843 e. The van der Waals surface area contributed by atoms with Crippen molar-refractivity contribution in [3.05, 3.63) is 68.7 Å². The third-order valence-corrected chi connectivity index (χ3v) is 6.05. The first-order valence-electron chi connectivity index (χ1n) is 7.04. The molecule has 0 saturated heterocycles. The van der Waals surface area contributed by atoms with Crippen molar-refractivity contribution in [1.29, 1.82) is 0 Å². The average molecular weight is 431 g/mol. The minimum atomic E-state index is 0.155. The number of hydrogen-bond donors (Lipinski definition) is 0. The van der Waals surface area contributed by atoms with E-state index in [4.69, 9.17) is 11.6 Å². The maximum absolute atomic E-state index is 6.01. The normalized spacial score (nSPS) is 13.2. The summed E-state index contributed by atoms with van der Waals surface area (Å²) in [6.07, 6.45) is 1.13. The Labute approximate surface area is 149 Å². The molecule has 0 aliphatic carbocycles. The second-order valence-electron chi connectivity index (χ2n) is 5.89. The topological polar surface area (TPSA) is 0 Å². The van der Waals surface area contributed by atoms with Crippen molar-refractivity contribution in [2.24, 2.45) is 0 Å². The molecule has 112 valence electrons. The molecule has 1 atom stereocenters. The van der Waals surface area contributed by atoms with Crippen molar-refractivity contribution < 1.29 is 0 Å². The van der Waals surface area contributed by atoms with Gasteiger partial charge in [0.25, 0.3) is 0 Å². The van der Waals surface area contributed by atoms with E-state index in [2.05, 4.69) is 83.0 Å². The van der Waals surface area contributed by atoms with Crippen molar-refractivity contribution in [3.63, 3.8) is 0 Å². The van der Waals surface area contributed by atoms with Crippen LogP contribution >= 0.6 is 43.5 Å². The van der Waals surface area contributed by atoms with Gasteiger partial charge in [0.2, 0.25) is 0 Å². The standard InChI is InChI=1S/C18H19Br2Cl/c1-4-18(2,3)13-7-5-12(6-8-13)17(20)15-10-9-14(21)11-16(15)19/h5-11,17H,4H2,1-3H3. The Morgan fingerprint density at radius 3 is 2.24 bits per heavy atom. The Bertz CT molecular complexity index is 618. The van der Waals surface area contributed by atoms with Gasteiger partial charge in [0.1, 0.15) is 0 Å². The summed E-state index contributed by atoms with van der Waals surface area (Å²) in [5, 5.41) is 0.741. The molecule has 0 aliphatic rings. The van der Waals surface area contributed by atoms with Crippen LogP contribution in [0.3, 0.4) is 0 Å². The molecule has 2 aromatic carbocycles. The summed E-state index contributed by atoms with van der Waals surface area (Å²) >= 11 is 13.4. The van der Waals surface area contributed by atoms with Crippen LogP contribution in [-0.4, -0.2) is 0 Å². The van der Waals surface area contributed by atoms with Crippen LogP contribution in [0.1, 0.15) is 48.7 Å². The lowest BCUT2D eigenvalue weighted by Crippen LogP contribution is -2.15. The van der Waals surface area contributed by atoms with Crippen LogP contribution in [0.25, 0.3) is 0 Å². The van der Waals surface area contributed by atoms with E-state index in [0.717, 1.165) is 15.9 Å². The van der Waals surface area contributed by atoms with Crippen molar-refractivity contribution in [2.75, 3.05) is 0 Å². The molecule has 0 amide bonds. The lowest BCUT2D eigenvalue weighted by Gasteiger charge is -2.24. The Balaban J connectivity index is 2.30. The van der Waals surface area contributed by atoms with Gasteiger partial charge in [-0.3, -0.25) is 0 Å². The van der Waals surface area contributed by atoms with Crippen LogP contribution in [0, 0.1) is 0 Å². The van der Waals surface area contributed by atoms with Gasteiger partial charge in [-0.05, 0) is 40.7 Å². The fourth-order valence-corrected chi connectivity index (χ4v) is 4.12. The first-order chi connectivity index (χ1) is 9.85. The molecule has 0 radical (unpaired) electrons. The van der Waals surface area contributed by atoms with E-state index in [-0.39, 0.29) is 10.2 Å². The van der Waals surface area contributed by atoms with Gasteiger partial charge in [0, 0.05) is 9.50 Å². The van der Waals surface area contributed by atoms with E-state index in [0.29, 0.717) is 0 Å². The largest absolute Gasteiger partial charge is 0.0843 e. The first kappa shape index (κ1) is 17.1. The second kappa shape index (κ2) is 6.85. The monoisotopic (exact) mass is 428 g/mol. The van der Waals surface area contributed by atoms with Crippen LogP contribution in [0.5, 0.6) is 0 Å². The molecule has 2 rings (SSSR count). The molecule has 0 nitrogen and oxygen atoms in total. The van der Waals surface area contributed by atoms with E-state index in [9.17, 15) is 0 Å². The van der Waals surface area contributed by atoms with Gasteiger partial charge in [0.05, 0.1) is 4.83 Å². The lowest BCUT2D eigenvalue weighted by atomic mass is 9.82. The molecule has 0 aromatic heterocycles. The van der Waals surface area contributed by atoms with Crippen LogP contribution in [0.2, 0.25) is 5.02 Å². The molecule has 21 heavy (non-hydrogen) atoms. The van der Waals surface area contributed by atoms with Crippen molar-refractivity contribution in [3.8, 4) is 0 Å². The lowest BCUT2D eigenvalue weighted by molar-refractivity contribution is 0.506. The molecule has 0 bridgehead atoms. The number of hydrogen-bond acceptors (Lipinski definition) is 0. The van der Waals surface area contributed by atoms with E-state index in [1.165, 1.54) is 16.7 Å². The zero-order valence-electron chi connectivity index (χ0n) is 12.5. The number of alkyl halides is 1. The van der Waals surface area contributed by atoms with Crippen molar-refractivity contribution >= 4 is 43.5 Å². The molecule has 1 unspecified atom stereocenters. The van der Waals surface area contributed by atoms with Gasteiger partial charge >= 0.3 is 0 Å². The third-order valence-electron chi connectivity index (χ3n) is 4.10. The predicted octanol–water partition coefficient (Wildman–Crippen LogP) is 7.27. The smallest absolute Gasteiger partial charge is 0.0655 e. The Kier molecular flexibility index (Phi) is 5.56. The van der Waals surface area contributed by atoms with E-state index in [1.807, 2.05) is 12.1 Å². The minimum absolute atomic E-state index is 0.155. The summed E-state index contributed by atoms with van der Waals surface area (Å²) < 4.78 is 1.02. The number of benzene rings is 2. The molecule has 0 fully saturated rings. The highest BCUT2D eigenvalue weighted by Gasteiger charge is 2.19. The molecule has 0 N–H and O–H groups in total. The van der Waals surface area contributed by atoms with Crippen LogP contribution in [0.15, 0.2) is 46.9 Å². The van der Waals surface area contributed by atoms with E-state index >= 15 is 0 Å². The van der Waals surface area contributed by atoms with Gasteiger partial charge < -0.3 is 0 Å². The summed E-state index contributed by atoms with van der Waals surface area (Å²) in [5.74, 6) is 0. The highest BCUT2D eigenvalue weighted by atomic mass is 79.9. The van der Waals surface area contributed by atoms with Crippen molar-refractivity contribution in [2.45, 2.75) is 37.4 Å². The van der Waals surface area contributed by atoms with Gasteiger partial charge in [-0.2, -0.15) is 0 Å². The van der Waals surface area contributed by atoms with Gasteiger partial charge in [-0.25, -0.2) is 0 Å². The summed E-state index contributed by atoms with van der Waals surface area (Å²) in [6.45, 7) is 6.79. The van der Waals surface area contributed by atoms with Crippen LogP contribution in [-0.2, 0) is 5.41 Å². The zero-order chi connectivity index (χ0) is 15.6. The second-order valence-corrected chi connectivity index (χ2v) is 8.09. The molecular formula is C18H19Br2Cl. The molecule has 0 heterocycles. The van der Waals surface area contributed by atoms with Gasteiger partial charge in [0.15, 0.2) is 0 Å². The average Bonchev–Trinajstić information content (AvgIpc) is 2.47. The highest BCUT2D eigenvalue weighted by Crippen LogP contribution is 2.37. The molecular weight excluding hydrogens is 411 g/mol. The quantitative estimate of drug-likeness (QED) is 0.447. The number of rotatable bonds is 4. The van der Waals surface area contributed by atoms with Crippen LogP contribution < -0.4 is 0 Å². The molecule has 0 aliphatic heterocycles. The Morgan fingerprint density at radius 2 is 1.71 bits per heavy atom. The summed E-state index contributed by atoms with van der Waals surface area (Å²) in [7, 11) is 0. The van der Waals surface area contributed by atoms with E-state index < -0.39 is 0 Å². The fraction of sp³-hybridized carbons (Fsp3) is 0.333. The summed E-state index contributed by atoms with van der Waals surface area (Å²) in [6, 6.07) is 14.8. The zero-order valence-corrected chi connectivity index (χ0v) is 16.4. The maximum atomic E-state index is 6.01. The summed E-state index contributed by atoms with van der Waals surface area (Å²) in [4.78, 5) is 0.155. The Morgan fingerprint density at radius 1 is 1.10 bits per heavy atom. The third kappa shape index (κ3) is 3.91. The van der Waals surface area contributed by atoms with Gasteiger partial charge in [-0.1, -0.05) is 94.6 Å². The van der Waals surface area contributed by atoms with Gasteiger partial charge in [-0.15, -0.1) is 0 Å². The molecule has 0 spiro atoms. The van der Waals surface area contributed by atoms with Crippen LogP contribution in [0.4, 0.5) is 0 Å². The SMILES string of the molecule is CCC(C)(C)c1ccc(C(Br)c2ccc(Cl)cc2Br)cc1. The highest BCUT2D eigenvalue weighted by molar-refractivity contribution is 9.11. The van der Waals surface area contributed by atoms with Crippen molar-refractivity contribution in [1.82, 2.24) is 0 Å². The molecule has 0 saturated carbocycles. The first-order valence-corrected chi connectivity index (χ1v) is 9.13. The number of halogens is 3.